The summed E-state index contributed by atoms with van der Waals surface area (Å²) >= 11 is 6.43. The highest BCUT2D eigenvalue weighted by Gasteiger charge is 2.28. The maximum Gasteiger partial charge on any atom is 0.269 e. The van der Waals surface area contributed by atoms with Crippen molar-refractivity contribution < 1.29 is 4.92 Å². The number of aromatic nitrogens is 1. The van der Waals surface area contributed by atoms with Gasteiger partial charge in [-0.2, -0.15) is 0 Å². The van der Waals surface area contributed by atoms with E-state index in [1.54, 1.807) is 12.1 Å². The topological polar surface area (TPSA) is 51.3 Å². The first-order valence-corrected chi connectivity index (χ1v) is 10.7. The predicted molar refractivity (Wildman–Crippen MR) is 120 cm³/mol. The lowest BCUT2D eigenvalue weighted by Gasteiger charge is -2.31. The molecule has 3 aromatic rings. The second-order valence-corrected chi connectivity index (χ2v) is 8.61. The second-order valence-electron chi connectivity index (χ2n) is 8.21. The molecule has 0 saturated heterocycles. The Kier molecular flexibility index (Phi) is 5.93. The van der Waals surface area contributed by atoms with Gasteiger partial charge < -0.3 is 4.57 Å². The van der Waals surface area contributed by atoms with Crippen molar-refractivity contribution in [3.05, 3.63) is 98.3 Å². The molecule has 0 bridgehead atoms. The monoisotopic (exact) mass is 423 g/mol. The van der Waals surface area contributed by atoms with Crippen LogP contribution in [0.2, 0.25) is 5.02 Å². The Hall–Kier alpha value is -2.63. The molecule has 0 fully saturated rings. The molecule has 6 heteroatoms. The summed E-state index contributed by atoms with van der Waals surface area (Å²) in [6.07, 6.45) is 3.14. The van der Waals surface area contributed by atoms with Crippen LogP contribution in [-0.2, 0) is 13.1 Å². The minimum Gasteiger partial charge on any atom is -0.350 e. The summed E-state index contributed by atoms with van der Waals surface area (Å²) < 4.78 is 2.32. The molecular weight excluding hydrogens is 398 g/mol. The minimum absolute atomic E-state index is 0.0686. The van der Waals surface area contributed by atoms with Crippen LogP contribution >= 0.6 is 11.6 Å². The number of benzene rings is 2. The number of hydrogen-bond donors (Lipinski definition) is 0. The van der Waals surface area contributed by atoms with E-state index >= 15 is 0 Å². The number of nitrogens with zero attached hydrogens (tertiary/aromatic N) is 3. The summed E-state index contributed by atoms with van der Waals surface area (Å²) in [6, 6.07) is 17.9. The molecule has 1 unspecified atom stereocenters. The van der Waals surface area contributed by atoms with E-state index in [1.807, 2.05) is 0 Å². The van der Waals surface area contributed by atoms with Crippen molar-refractivity contribution in [1.82, 2.24) is 9.47 Å². The SMILES string of the molecule is CC(C)c1ccc(C2c3cccn3CCCN2Cc2cc([N+](=O)[O-])ccc2Cl)cc1. The van der Waals surface area contributed by atoms with Crippen molar-refractivity contribution in [2.45, 2.75) is 45.3 Å². The van der Waals surface area contributed by atoms with Crippen molar-refractivity contribution in [3.8, 4) is 0 Å². The van der Waals surface area contributed by atoms with Crippen molar-refractivity contribution in [2.75, 3.05) is 6.54 Å². The van der Waals surface area contributed by atoms with Crippen molar-refractivity contribution >= 4 is 17.3 Å². The summed E-state index contributed by atoms with van der Waals surface area (Å²) in [5.74, 6) is 0.483. The molecule has 1 aliphatic rings. The maximum atomic E-state index is 11.3. The van der Waals surface area contributed by atoms with Gasteiger partial charge in [-0.05, 0) is 47.2 Å². The van der Waals surface area contributed by atoms with Gasteiger partial charge in [0.2, 0.25) is 0 Å². The number of non-ortho nitro benzene ring substituents is 1. The van der Waals surface area contributed by atoms with Gasteiger partial charge in [-0.25, -0.2) is 0 Å². The Morgan fingerprint density at radius 3 is 2.60 bits per heavy atom. The fraction of sp³-hybridized carbons (Fsp3) is 0.333. The Morgan fingerprint density at radius 2 is 1.90 bits per heavy atom. The molecule has 2 heterocycles. The first kappa shape index (κ1) is 20.6. The van der Waals surface area contributed by atoms with Crippen LogP contribution in [0.5, 0.6) is 0 Å². The lowest BCUT2D eigenvalue weighted by atomic mass is 9.96. The lowest BCUT2D eigenvalue weighted by molar-refractivity contribution is -0.384. The standard InChI is InChI=1S/C24H26ClN3O2/c1-17(2)18-6-8-19(9-7-18)24-23-5-3-12-26(23)13-4-14-27(24)16-20-15-21(28(29)30)10-11-22(20)25/h3,5-12,15,17,24H,4,13-14,16H2,1-2H3. The number of fused-ring (bicyclic) bond motifs is 1. The fourth-order valence-corrected chi connectivity index (χ4v) is 4.45. The van der Waals surface area contributed by atoms with Gasteiger partial charge in [-0.1, -0.05) is 49.7 Å². The molecule has 30 heavy (non-hydrogen) atoms. The van der Waals surface area contributed by atoms with Crippen molar-refractivity contribution in [3.63, 3.8) is 0 Å². The third kappa shape index (κ3) is 4.13. The molecule has 0 radical (unpaired) electrons. The highest BCUT2D eigenvalue weighted by atomic mass is 35.5. The van der Waals surface area contributed by atoms with Crippen LogP contribution in [0, 0.1) is 10.1 Å². The molecule has 0 saturated carbocycles. The van der Waals surface area contributed by atoms with E-state index in [4.69, 9.17) is 11.6 Å². The number of halogens is 1. The highest BCUT2D eigenvalue weighted by molar-refractivity contribution is 6.31. The quantitative estimate of drug-likeness (QED) is 0.364. The highest BCUT2D eigenvalue weighted by Crippen LogP contribution is 2.35. The summed E-state index contributed by atoms with van der Waals surface area (Å²) in [7, 11) is 0. The normalized spacial score (nSPS) is 17.0. The van der Waals surface area contributed by atoms with Crippen molar-refractivity contribution in [1.29, 1.82) is 0 Å². The molecule has 2 aromatic carbocycles. The van der Waals surface area contributed by atoms with Crippen LogP contribution in [-0.4, -0.2) is 20.9 Å². The van der Waals surface area contributed by atoms with Crippen LogP contribution in [0.15, 0.2) is 60.8 Å². The van der Waals surface area contributed by atoms with Gasteiger partial charge in [-0.15, -0.1) is 0 Å². The van der Waals surface area contributed by atoms with E-state index in [0.717, 1.165) is 25.1 Å². The zero-order chi connectivity index (χ0) is 21.3. The van der Waals surface area contributed by atoms with E-state index < -0.39 is 0 Å². The molecular formula is C24H26ClN3O2. The summed E-state index contributed by atoms with van der Waals surface area (Å²) in [5, 5.41) is 11.8. The van der Waals surface area contributed by atoms with E-state index in [-0.39, 0.29) is 16.7 Å². The van der Waals surface area contributed by atoms with E-state index in [1.165, 1.54) is 22.9 Å². The van der Waals surface area contributed by atoms with E-state index in [0.29, 0.717) is 17.5 Å². The number of aryl methyl sites for hydroxylation is 1. The lowest BCUT2D eigenvalue weighted by Crippen LogP contribution is -2.29. The van der Waals surface area contributed by atoms with Gasteiger partial charge in [0.25, 0.3) is 5.69 Å². The molecule has 0 spiro atoms. The van der Waals surface area contributed by atoms with Gasteiger partial charge in [0.15, 0.2) is 0 Å². The zero-order valence-electron chi connectivity index (χ0n) is 17.3. The van der Waals surface area contributed by atoms with Crippen LogP contribution in [0.4, 0.5) is 5.69 Å². The average Bonchev–Trinajstić information content (AvgIpc) is 3.11. The Bertz CT molecular complexity index is 1040. The third-order valence-corrected chi connectivity index (χ3v) is 6.26. The van der Waals surface area contributed by atoms with Crippen molar-refractivity contribution in [2.24, 2.45) is 0 Å². The molecule has 0 aliphatic carbocycles. The predicted octanol–water partition coefficient (Wildman–Crippen LogP) is 6.17. The maximum absolute atomic E-state index is 11.3. The van der Waals surface area contributed by atoms with Crippen LogP contribution in [0.1, 0.15) is 54.6 Å². The Morgan fingerprint density at radius 1 is 1.13 bits per heavy atom. The van der Waals surface area contributed by atoms with Crippen LogP contribution in [0.25, 0.3) is 0 Å². The third-order valence-electron chi connectivity index (χ3n) is 5.89. The molecule has 0 amide bonds. The van der Waals surface area contributed by atoms with Gasteiger partial charge in [0, 0.05) is 48.7 Å². The largest absolute Gasteiger partial charge is 0.350 e. The van der Waals surface area contributed by atoms with Gasteiger partial charge in [0.05, 0.1) is 11.0 Å². The number of hydrogen-bond acceptors (Lipinski definition) is 3. The summed E-state index contributed by atoms with van der Waals surface area (Å²) in [4.78, 5) is 13.3. The minimum atomic E-state index is -0.366. The van der Waals surface area contributed by atoms with E-state index in [2.05, 4.69) is 65.9 Å². The average molecular weight is 424 g/mol. The second kappa shape index (κ2) is 8.62. The summed E-state index contributed by atoms with van der Waals surface area (Å²) in [5.41, 5.74) is 4.64. The van der Waals surface area contributed by atoms with Gasteiger partial charge in [0.1, 0.15) is 0 Å². The molecule has 156 valence electrons. The summed E-state index contributed by atoms with van der Waals surface area (Å²) in [6.45, 7) is 6.80. The Balaban J connectivity index is 1.74. The van der Waals surface area contributed by atoms with Gasteiger partial charge in [-0.3, -0.25) is 15.0 Å². The van der Waals surface area contributed by atoms with E-state index in [9.17, 15) is 10.1 Å². The number of rotatable bonds is 5. The molecule has 0 N–H and O–H groups in total. The smallest absolute Gasteiger partial charge is 0.269 e. The van der Waals surface area contributed by atoms with Crippen LogP contribution < -0.4 is 0 Å². The first-order chi connectivity index (χ1) is 14.4. The van der Waals surface area contributed by atoms with Crippen LogP contribution in [0.3, 0.4) is 0 Å². The molecule has 1 aliphatic heterocycles. The first-order valence-electron chi connectivity index (χ1n) is 10.4. The molecule has 1 atom stereocenters. The fourth-order valence-electron chi connectivity index (χ4n) is 4.27. The molecule has 4 rings (SSSR count). The zero-order valence-corrected chi connectivity index (χ0v) is 18.0. The number of nitro benzene ring substituents is 1. The van der Waals surface area contributed by atoms with Gasteiger partial charge >= 0.3 is 0 Å². The molecule has 5 nitrogen and oxygen atoms in total. The molecule has 1 aromatic heterocycles. The number of nitro groups is 1. The Labute approximate surface area is 182 Å².